The Morgan fingerprint density at radius 2 is 1.78 bits per heavy atom. The lowest BCUT2D eigenvalue weighted by Crippen LogP contribution is -2.29. The van der Waals surface area contributed by atoms with Crippen molar-refractivity contribution in [3.05, 3.63) is 35.1 Å². The zero-order chi connectivity index (χ0) is 13.7. The summed E-state index contributed by atoms with van der Waals surface area (Å²) < 4.78 is 38.8. The first kappa shape index (κ1) is 15.0. The maximum Gasteiger partial charge on any atom is 0.194 e. The van der Waals surface area contributed by atoms with Crippen molar-refractivity contribution in [3.8, 4) is 0 Å². The summed E-state index contributed by atoms with van der Waals surface area (Å²) in [5, 5.41) is 12.5. The van der Waals surface area contributed by atoms with Crippen molar-refractivity contribution in [2.75, 3.05) is 6.54 Å². The Balaban J connectivity index is 2.64. The lowest BCUT2D eigenvalue weighted by atomic mass is 10.1. The second kappa shape index (κ2) is 6.75. The van der Waals surface area contributed by atoms with Crippen molar-refractivity contribution < 1.29 is 18.3 Å². The Kier molecular flexibility index (Phi) is 5.62. The number of nitrogens with one attached hydrogen (secondary N) is 1. The van der Waals surface area contributed by atoms with Gasteiger partial charge in [0.25, 0.3) is 0 Å². The Bertz CT molecular complexity index is 375. The molecule has 0 amide bonds. The fraction of sp³-hybridized carbons (Fsp3) is 0.538. The molecule has 5 heteroatoms. The number of aliphatic hydroxyl groups excluding tert-OH is 1. The van der Waals surface area contributed by atoms with Crippen molar-refractivity contribution in [3.63, 3.8) is 0 Å². The highest BCUT2D eigenvalue weighted by atomic mass is 19.2. The number of benzene rings is 1. The van der Waals surface area contributed by atoms with Crippen LogP contribution in [0.25, 0.3) is 0 Å². The van der Waals surface area contributed by atoms with Crippen molar-refractivity contribution in [2.45, 2.75) is 38.8 Å². The van der Waals surface area contributed by atoms with Crippen LogP contribution in [0.15, 0.2) is 12.1 Å². The molecule has 0 fully saturated rings. The summed E-state index contributed by atoms with van der Waals surface area (Å²) in [5.41, 5.74) is 0.315. The molecule has 1 rings (SSSR count). The first-order valence-corrected chi connectivity index (χ1v) is 6.01. The van der Waals surface area contributed by atoms with Gasteiger partial charge in [-0.25, -0.2) is 13.2 Å². The molecule has 0 heterocycles. The zero-order valence-corrected chi connectivity index (χ0v) is 10.5. The van der Waals surface area contributed by atoms with Crippen molar-refractivity contribution in [2.24, 2.45) is 0 Å². The molecule has 2 unspecified atom stereocenters. The van der Waals surface area contributed by atoms with E-state index >= 15 is 0 Å². The lowest BCUT2D eigenvalue weighted by Gasteiger charge is -2.17. The number of aliphatic hydroxyl groups is 1. The molecule has 0 aliphatic rings. The van der Waals surface area contributed by atoms with Gasteiger partial charge >= 0.3 is 0 Å². The number of halogens is 3. The highest BCUT2D eigenvalue weighted by molar-refractivity contribution is 5.22. The lowest BCUT2D eigenvalue weighted by molar-refractivity contribution is 0.157. The summed E-state index contributed by atoms with van der Waals surface area (Å²) >= 11 is 0. The molecular weight excluding hydrogens is 243 g/mol. The second-order valence-electron chi connectivity index (χ2n) is 4.37. The number of hydrogen-bond donors (Lipinski definition) is 2. The van der Waals surface area contributed by atoms with Crippen LogP contribution in [0.2, 0.25) is 0 Å². The van der Waals surface area contributed by atoms with E-state index in [0.29, 0.717) is 18.5 Å². The molecule has 0 radical (unpaired) electrons. The van der Waals surface area contributed by atoms with Crippen LogP contribution in [0, 0.1) is 17.5 Å². The Morgan fingerprint density at radius 1 is 1.22 bits per heavy atom. The van der Waals surface area contributed by atoms with Gasteiger partial charge in [0.1, 0.15) is 0 Å². The van der Waals surface area contributed by atoms with E-state index in [1.165, 1.54) is 0 Å². The van der Waals surface area contributed by atoms with E-state index in [2.05, 4.69) is 5.32 Å². The quantitative estimate of drug-likeness (QED) is 0.772. The van der Waals surface area contributed by atoms with Crippen molar-refractivity contribution in [1.82, 2.24) is 5.32 Å². The van der Waals surface area contributed by atoms with E-state index in [4.69, 9.17) is 0 Å². The van der Waals surface area contributed by atoms with E-state index in [1.807, 2.05) is 6.92 Å². The Hall–Kier alpha value is -1.07. The van der Waals surface area contributed by atoms with Gasteiger partial charge in [0.2, 0.25) is 0 Å². The normalized spacial score (nSPS) is 14.6. The number of hydrogen-bond acceptors (Lipinski definition) is 2. The van der Waals surface area contributed by atoms with Crippen LogP contribution in [0.1, 0.15) is 38.3 Å². The van der Waals surface area contributed by atoms with E-state index in [9.17, 15) is 18.3 Å². The molecule has 0 saturated heterocycles. The van der Waals surface area contributed by atoms with Crippen LogP contribution in [-0.4, -0.2) is 17.8 Å². The summed E-state index contributed by atoms with van der Waals surface area (Å²) in [6.45, 7) is 3.98. The second-order valence-corrected chi connectivity index (χ2v) is 4.37. The van der Waals surface area contributed by atoms with Crippen LogP contribution in [0.3, 0.4) is 0 Å². The molecule has 1 aromatic carbocycles. The average Bonchev–Trinajstić information content (AvgIpc) is 2.32. The molecule has 0 aromatic heterocycles. The zero-order valence-electron chi connectivity index (χ0n) is 10.5. The summed E-state index contributed by atoms with van der Waals surface area (Å²) in [5.74, 6) is -3.86. The van der Waals surface area contributed by atoms with Gasteiger partial charge in [0.05, 0.1) is 6.10 Å². The minimum absolute atomic E-state index is 0.315. The molecule has 0 aliphatic heterocycles. The van der Waals surface area contributed by atoms with Gasteiger partial charge in [-0.05, 0) is 31.0 Å². The molecule has 2 nitrogen and oxygen atoms in total. The fourth-order valence-electron chi connectivity index (χ4n) is 1.69. The van der Waals surface area contributed by atoms with Gasteiger partial charge in [-0.2, -0.15) is 0 Å². The topological polar surface area (TPSA) is 32.3 Å². The van der Waals surface area contributed by atoms with Gasteiger partial charge in [-0.1, -0.05) is 13.3 Å². The monoisotopic (exact) mass is 261 g/mol. The third-order valence-electron chi connectivity index (χ3n) is 2.79. The van der Waals surface area contributed by atoms with Crippen LogP contribution in [-0.2, 0) is 0 Å². The SMILES string of the molecule is CCCC(O)CNC(C)c1cc(F)c(F)c(F)c1. The fourth-order valence-corrected chi connectivity index (χ4v) is 1.69. The Labute approximate surface area is 105 Å². The molecule has 2 N–H and O–H groups in total. The van der Waals surface area contributed by atoms with E-state index < -0.39 is 23.6 Å². The predicted molar refractivity (Wildman–Crippen MR) is 63.6 cm³/mol. The standard InChI is InChI=1S/C13H18F3NO/c1-3-4-10(18)7-17-8(2)9-5-11(14)13(16)12(15)6-9/h5-6,8,10,17-18H,3-4,7H2,1-2H3. The molecule has 0 spiro atoms. The van der Waals surface area contributed by atoms with Crippen LogP contribution >= 0.6 is 0 Å². The summed E-state index contributed by atoms with van der Waals surface area (Å²) in [7, 11) is 0. The largest absolute Gasteiger partial charge is 0.392 e. The minimum Gasteiger partial charge on any atom is -0.392 e. The van der Waals surface area contributed by atoms with Crippen molar-refractivity contribution >= 4 is 0 Å². The highest BCUT2D eigenvalue weighted by Gasteiger charge is 2.14. The molecule has 0 bridgehead atoms. The molecule has 1 aromatic rings. The summed E-state index contributed by atoms with van der Waals surface area (Å²) in [6.07, 6.45) is 1.02. The predicted octanol–water partition coefficient (Wildman–Crippen LogP) is 2.92. The molecule has 2 atom stereocenters. The summed E-state index contributed by atoms with van der Waals surface area (Å²) in [4.78, 5) is 0. The maximum atomic E-state index is 13.0. The molecule has 0 saturated carbocycles. The van der Waals surface area contributed by atoms with Crippen LogP contribution in [0.5, 0.6) is 0 Å². The van der Waals surface area contributed by atoms with Gasteiger partial charge in [-0.15, -0.1) is 0 Å². The molecule has 102 valence electrons. The smallest absolute Gasteiger partial charge is 0.194 e. The molecular formula is C13H18F3NO. The van der Waals surface area contributed by atoms with E-state index in [1.54, 1.807) is 6.92 Å². The van der Waals surface area contributed by atoms with E-state index in [-0.39, 0.29) is 6.04 Å². The highest BCUT2D eigenvalue weighted by Crippen LogP contribution is 2.19. The van der Waals surface area contributed by atoms with Crippen LogP contribution < -0.4 is 5.32 Å². The first-order chi connectivity index (χ1) is 8.45. The van der Waals surface area contributed by atoms with Gasteiger partial charge in [0.15, 0.2) is 17.5 Å². The van der Waals surface area contributed by atoms with Gasteiger partial charge in [0, 0.05) is 12.6 Å². The molecule has 18 heavy (non-hydrogen) atoms. The minimum atomic E-state index is -1.46. The van der Waals surface area contributed by atoms with Crippen LogP contribution in [0.4, 0.5) is 13.2 Å². The average molecular weight is 261 g/mol. The van der Waals surface area contributed by atoms with Gasteiger partial charge < -0.3 is 10.4 Å². The van der Waals surface area contributed by atoms with Gasteiger partial charge in [-0.3, -0.25) is 0 Å². The molecule has 0 aliphatic carbocycles. The third-order valence-corrected chi connectivity index (χ3v) is 2.79. The third kappa shape index (κ3) is 3.99. The van der Waals surface area contributed by atoms with Crippen molar-refractivity contribution in [1.29, 1.82) is 0 Å². The summed E-state index contributed by atoms with van der Waals surface area (Å²) in [6, 6.07) is 1.56. The number of rotatable bonds is 6. The Morgan fingerprint density at radius 3 is 2.28 bits per heavy atom. The maximum absolute atomic E-state index is 13.0. The first-order valence-electron chi connectivity index (χ1n) is 6.01. The van der Waals surface area contributed by atoms with E-state index in [0.717, 1.165) is 18.6 Å².